The summed E-state index contributed by atoms with van der Waals surface area (Å²) in [5.74, 6) is 1.14. The van der Waals surface area contributed by atoms with Crippen molar-refractivity contribution in [2.75, 3.05) is 5.32 Å². The van der Waals surface area contributed by atoms with Gasteiger partial charge in [-0.25, -0.2) is 4.98 Å². The minimum atomic E-state index is -0.0640. The van der Waals surface area contributed by atoms with Gasteiger partial charge in [0.1, 0.15) is 5.75 Å². The number of benzene rings is 1. The van der Waals surface area contributed by atoms with Crippen LogP contribution in [-0.2, 0) is 4.79 Å². The largest absolute Gasteiger partial charge is 0.439 e. The van der Waals surface area contributed by atoms with Crippen molar-refractivity contribution < 1.29 is 9.53 Å². The van der Waals surface area contributed by atoms with Gasteiger partial charge >= 0.3 is 0 Å². The van der Waals surface area contributed by atoms with E-state index in [4.69, 9.17) is 10.5 Å². The molecule has 1 atom stereocenters. The summed E-state index contributed by atoms with van der Waals surface area (Å²) in [6.07, 6.45) is 2.64. The summed E-state index contributed by atoms with van der Waals surface area (Å²) in [6.45, 7) is 1.88. The van der Waals surface area contributed by atoms with Crippen LogP contribution in [0.2, 0.25) is 0 Å². The van der Waals surface area contributed by atoms with Crippen LogP contribution in [-0.4, -0.2) is 16.9 Å². The third-order valence-corrected chi connectivity index (χ3v) is 2.81. The van der Waals surface area contributed by atoms with Crippen LogP contribution >= 0.6 is 0 Å². The van der Waals surface area contributed by atoms with Crippen LogP contribution in [0.5, 0.6) is 11.6 Å². The second-order valence-corrected chi connectivity index (χ2v) is 4.86. The van der Waals surface area contributed by atoms with Gasteiger partial charge in [-0.3, -0.25) is 4.79 Å². The van der Waals surface area contributed by atoms with Crippen molar-refractivity contribution in [1.29, 1.82) is 0 Å². The molecular formula is C16H19N3O2. The van der Waals surface area contributed by atoms with Crippen molar-refractivity contribution in [2.45, 2.75) is 25.8 Å². The summed E-state index contributed by atoms with van der Waals surface area (Å²) in [6, 6.07) is 12.9. The van der Waals surface area contributed by atoms with Gasteiger partial charge in [-0.1, -0.05) is 18.2 Å². The number of pyridine rings is 1. The first kappa shape index (κ1) is 15.0. The van der Waals surface area contributed by atoms with Crippen molar-refractivity contribution >= 4 is 11.6 Å². The van der Waals surface area contributed by atoms with Gasteiger partial charge in [-0.05, 0) is 31.5 Å². The van der Waals surface area contributed by atoms with E-state index in [1.807, 2.05) is 37.3 Å². The van der Waals surface area contributed by atoms with Crippen LogP contribution in [0.25, 0.3) is 0 Å². The fourth-order valence-corrected chi connectivity index (χ4v) is 1.71. The van der Waals surface area contributed by atoms with Crippen molar-refractivity contribution in [1.82, 2.24) is 4.98 Å². The number of amides is 1. The summed E-state index contributed by atoms with van der Waals surface area (Å²) in [5.41, 5.74) is 6.26. The van der Waals surface area contributed by atoms with Gasteiger partial charge in [0.2, 0.25) is 11.8 Å². The Morgan fingerprint density at radius 2 is 2.05 bits per heavy atom. The molecule has 0 bridgehead atoms. The summed E-state index contributed by atoms with van der Waals surface area (Å²) in [7, 11) is 0. The van der Waals surface area contributed by atoms with E-state index in [1.165, 1.54) is 0 Å². The van der Waals surface area contributed by atoms with Crippen molar-refractivity contribution in [3.63, 3.8) is 0 Å². The van der Waals surface area contributed by atoms with Crippen molar-refractivity contribution in [3.05, 3.63) is 48.7 Å². The fraction of sp³-hybridized carbons (Fsp3) is 0.250. The first-order valence-corrected chi connectivity index (χ1v) is 6.88. The summed E-state index contributed by atoms with van der Waals surface area (Å²) in [5, 5.41) is 2.78. The predicted molar refractivity (Wildman–Crippen MR) is 82.3 cm³/mol. The molecule has 110 valence electrons. The van der Waals surface area contributed by atoms with Crippen LogP contribution < -0.4 is 15.8 Å². The molecule has 0 saturated carbocycles. The highest BCUT2D eigenvalue weighted by atomic mass is 16.5. The van der Waals surface area contributed by atoms with Gasteiger partial charge in [0.15, 0.2) is 0 Å². The van der Waals surface area contributed by atoms with Crippen LogP contribution in [0, 0.1) is 0 Å². The van der Waals surface area contributed by atoms with Crippen LogP contribution in [0.15, 0.2) is 48.7 Å². The number of anilines is 1. The highest BCUT2D eigenvalue weighted by molar-refractivity contribution is 5.90. The number of nitrogens with zero attached hydrogens (tertiary/aromatic N) is 1. The molecule has 0 fully saturated rings. The lowest BCUT2D eigenvalue weighted by atomic mass is 10.2. The molecule has 21 heavy (non-hydrogen) atoms. The highest BCUT2D eigenvalue weighted by Crippen LogP contribution is 2.19. The molecule has 1 amide bonds. The van der Waals surface area contributed by atoms with E-state index in [0.717, 1.165) is 5.75 Å². The molecule has 1 aromatic heterocycles. The molecule has 2 aromatic rings. The zero-order valence-corrected chi connectivity index (χ0v) is 12.0. The third-order valence-electron chi connectivity index (χ3n) is 2.81. The Hall–Kier alpha value is -2.40. The molecule has 3 N–H and O–H groups in total. The molecular weight excluding hydrogens is 266 g/mol. The molecule has 0 saturated heterocycles. The molecule has 1 unspecified atom stereocenters. The first-order chi connectivity index (χ1) is 10.1. The molecule has 5 nitrogen and oxygen atoms in total. The number of hydrogen-bond donors (Lipinski definition) is 2. The maximum atomic E-state index is 11.7. The average Bonchev–Trinajstić information content (AvgIpc) is 2.48. The topological polar surface area (TPSA) is 77.2 Å². The van der Waals surface area contributed by atoms with Gasteiger partial charge in [-0.15, -0.1) is 0 Å². The Morgan fingerprint density at radius 1 is 1.29 bits per heavy atom. The SMILES string of the molecule is CC(N)CCC(=O)Nc1ccc(Oc2ccccc2)nc1. The summed E-state index contributed by atoms with van der Waals surface area (Å²) < 4.78 is 5.58. The quantitative estimate of drug-likeness (QED) is 0.855. The molecule has 1 aromatic carbocycles. The lowest BCUT2D eigenvalue weighted by molar-refractivity contribution is -0.116. The molecule has 5 heteroatoms. The number of ether oxygens (including phenoxy) is 1. The monoisotopic (exact) mass is 285 g/mol. The van der Waals surface area contributed by atoms with Crippen LogP contribution in [0.4, 0.5) is 5.69 Å². The number of rotatable bonds is 6. The standard InChI is InChI=1S/C16H19N3O2/c1-12(17)7-9-15(20)19-13-8-10-16(18-11-13)21-14-5-3-2-4-6-14/h2-6,8,10-12H,7,9,17H2,1H3,(H,19,20). The molecule has 1 heterocycles. The second-order valence-electron chi connectivity index (χ2n) is 4.86. The predicted octanol–water partition coefficient (Wildman–Crippen LogP) is 2.94. The fourth-order valence-electron chi connectivity index (χ4n) is 1.71. The molecule has 0 spiro atoms. The zero-order valence-electron chi connectivity index (χ0n) is 12.0. The highest BCUT2D eigenvalue weighted by Gasteiger charge is 2.05. The lowest BCUT2D eigenvalue weighted by Gasteiger charge is -2.08. The van der Waals surface area contributed by atoms with Crippen molar-refractivity contribution in [3.8, 4) is 11.6 Å². The van der Waals surface area contributed by atoms with Gasteiger partial charge in [0.25, 0.3) is 0 Å². The molecule has 0 radical (unpaired) electrons. The van der Waals surface area contributed by atoms with Gasteiger partial charge in [-0.2, -0.15) is 0 Å². The third kappa shape index (κ3) is 5.24. The summed E-state index contributed by atoms with van der Waals surface area (Å²) in [4.78, 5) is 15.8. The number of hydrogen-bond acceptors (Lipinski definition) is 4. The number of carbonyl (C=O) groups is 1. The minimum Gasteiger partial charge on any atom is -0.439 e. The van der Waals surface area contributed by atoms with E-state index in [1.54, 1.807) is 18.3 Å². The number of para-hydroxylation sites is 1. The van der Waals surface area contributed by atoms with E-state index in [9.17, 15) is 4.79 Å². The molecule has 0 aliphatic heterocycles. The smallest absolute Gasteiger partial charge is 0.224 e. The summed E-state index contributed by atoms with van der Waals surface area (Å²) >= 11 is 0. The number of nitrogens with one attached hydrogen (secondary N) is 1. The van der Waals surface area contributed by atoms with E-state index in [0.29, 0.717) is 24.4 Å². The van der Waals surface area contributed by atoms with E-state index >= 15 is 0 Å². The van der Waals surface area contributed by atoms with E-state index in [2.05, 4.69) is 10.3 Å². The normalized spacial score (nSPS) is 11.7. The Bertz CT molecular complexity index is 568. The van der Waals surface area contributed by atoms with Gasteiger partial charge in [0.05, 0.1) is 11.9 Å². The zero-order chi connectivity index (χ0) is 15.1. The Balaban J connectivity index is 1.88. The maximum Gasteiger partial charge on any atom is 0.224 e. The van der Waals surface area contributed by atoms with Crippen molar-refractivity contribution in [2.24, 2.45) is 5.73 Å². The molecule has 2 rings (SSSR count). The Morgan fingerprint density at radius 3 is 2.67 bits per heavy atom. The van der Waals surface area contributed by atoms with Gasteiger partial charge < -0.3 is 15.8 Å². The lowest BCUT2D eigenvalue weighted by Crippen LogP contribution is -2.19. The molecule has 0 aliphatic carbocycles. The second kappa shape index (κ2) is 7.40. The van der Waals surface area contributed by atoms with E-state index in [-0.39, 0.29) is 11.9 Å². The Kier molecular flexibility index (Phi) is 5.29. The molecule has 0 aliphatic rings. The van der Waals surface area contributed by atoms with Crippen LogP contribution in [0.3, 0.4) is 0 Å². The number of aromatic nitrogens is 1. The Labute approximate surface area is 124 Å². The van der Waals surface area contributed by atoms with Gasteiger partial charge in [0, 0.05) is 18.5 Å². The van der Waals surface area contributed by atoms with Crippen LogP contribution in [0.1, 0.15) is 19.8 Å². The first-order valence-electron chi connectivity index (χ1n) is 6.88. The number of carbonyl (C=O) groups excluding carboxylic acids is 1. The number of nitrogens with two attached hydrogens (primary N) is 1. The maximum absolute atomic E-state index is 11.7. The van der Waals surface area contributed by atoms with E-state index < -0.39 is 0 Å². The minimum absolute atomic E-state index is 0.0236. The average molecular weight is 285 g/mol.